The van der Waals surface area contributed by atoms with Crippen LogP contribution in [-0.2, 0) is 6.42 Å². The van der Waals surface area contributed by atoms with Gasteiger partial charge in [-0.05, 0) is 31.0 Å². The second kappa shape index (κ2) is 4.67. The summed E-state index contributed by atoms with van der Waals surface area (Å²) < 4.78 is 0. The van der Waals surface area contributed by atoms with Gasteiger partial charge in [-0.25, -0.2) is 0 Å². The molecule has 0 fully saturated rings. The molecule has 2 nitrogen and oxygen atoms in total. The highest BCUT2D eigenvalue weighted by atomic mass is 35.5. The largest absolute Gasteiger partial charge is 0.377 e. The Morgan fingerprint density at radius 2 is 2.00 bits per heavy atom. The highest BCUT2D eigenvalue weighted by Crippen LogP contribution is 2.29. The molecule has 15 heavy (non-hydrogen) atoms. The number of hydrogen-bond donors (Lipinski definition) is 1. The highest BCUT2D eigenvalue weighted by Gasteiger charge is 2.12. The Balaban J connectivity index is 3.42. The zero-order valence-electron chi connectivity index (χ0n) is 9.69. The van der Waals surface area contributed by atoms with Crippen LogP contribution in [0.1, 0.15) is 25.0 Å². The van der Waals surface area contributed by atoms with Gasteiger partial charge in [0, 0.05) is 31.1 Å². The van der Waals surface area contributed by atoms with E-state index in [0.717, 1.165) is 17.7 Å². The Morgan fingerprint density at radius 3 is 2.40 bits per heavy atom. The summed E-state index contributed by atoms with van der Waals surface area (Å²) in [6, 6.07) is 4.04. The van der Waals surface area contributed by atoms with Gasteiger partial charge < -0.3 is 10.3 Å². The molecular formula is C12H17ClN2. The van der Waals surface area contributed by atoms with E-state index in [4.69, 9.17) is 17.0 Å². The van der Waals surface area contributed by atoms with Gasteiger partial charge in [-0.2, -0.15) is 0 Å². The third-order valence-electron chi connectivity index (χ3n) is 2.39. The lowest BCUT2D eigenvalue weighted by atomic mass is 10.0. The molecular weight excluding hydrogens is 208 g/mol. The summed E-state index contributed by atoms with van der Waals surface area (Å²) in [5, 5.41) is 8.40. The SMILES string of the molecule is CCc1cc(Cl)c(C(C)=N)c(N(C)C)c1. The Morgan fingerprint density at radius 1 is 1.40 bits per heavy atom. The summed E-state index contributed by atoms with van der Waals surface area (Å²) in [6.45, 7) is 3.86. The van der Waals surface area contributed by atoms with Crippen molar-refractivity contribution >= 4 is 23.0 Å². The minimum atomic E-state index is 0.506. The number of anilines is 1. The van der Waals surface area contributed by atoms with E-state index in [2.05, 4.69) is 13.0 Å². The number of benzene rings is 1. The number of rotatable bonds is 3. The molecule has 0 aliphatic rings. The number of nitrogens with zero attached hydrogens (tertiary/aromatic N) is 1. The van der Waals surface area contributed by atoms with Crippen LogP contribution < -0.4 is 4.90 Å². The smallest absolute Gasteiger partial charge is 0.0519 e. The summed E-state index contributed by atoms with van der Waals surface area (Å²) in [4.78, 5) is 2.00. The van der Waals surface area contributed by atoms with Crippen LogP contribution in [0.4, 0.5) is 5.69 Å². The monoisotopic (exact) mass is 224 g/mol. The maximum absolute atomic E-state index is 7.73. The minimum absolute atomic E-state index is 0.506. The fourth-order valence-corrected chi connectivity index (χ4v) is 1.95. The maximum Gasteiger partial charge on any atom is 0.0519 e. The van der Waals surface area contributed by atoms with Crippen LogP contribution in [0, 0.1) is 5.41 Å². The average molecular weight is 225 g/mol. The minimum Gasteiger partial charge on any atom is -0.377 e. The Labute approximate surface area is 96.4 Å². The topological polar surface area (TPSA) is 27.1 Å². The molecule has 0 aromatic heterocycles. The van der Waals surface area contributed by atoms with Gasteiger partial charge in [-0.1, -0.05) is 18.5 Å². The molecule has 0 radical (unpaired) electrons. The molecule has 1 rings (SSSR count). The van der Waals surface area contributed by atoms with Crippen molar-refractivity contribution in [3.05, 3.63) is 28.3 Å². The molecule has 1 N–H and O–H groups in total. The second-order valence-corrected chi connectivity index (χ2v) is 4.25. The van der Waals surface area contributed by atoms with Gasteiger partial charge in [-0.3, -0.25) is 0 Å². The molecule has 0 amide bonds. The first-order valence-corrected chi connectivity index (χ1v) is 5.40. The molecule has 0 aliphatic carbocycles. The van der Waals surface area contributed by atoms with Gasteiger partial charge in [0.25, 0.3) is 0 Å². The lowest BCUT2D eigenvalue weighted by molar-refractivity contribution is 1.09. The highest BCUT2D eigenvalue weighted by molar-refractivity contribution is 6.35. The number of halogens is 1. The van der Waals surface area contributed by atoms with Crippen LogP contribution in [0.15, 0.2) is 12.1 Å². The van der Waals surface area contributed by atoms with E-state index in [1.165, 1.54) is 5.56 Å². The zero-order chi connectivity index (χ0) is 11.6. The second-order valence-electron chi connectivity index (χ2n) is 3.84. The van der Waals surface area contributed by atoms with Crippen LogP contribution in [0.3, 0.4) is 0 Å². The molecule has 0 bridgehead atoms. The Bertz CT molecular complexity index is 383. The summed E-state index contributed by atoms with van der Waals surface area (Å²) in [7, 11) is 3.94. The Hall–Kier alpha value is -1.02. The summed E-state index contributed by atoms with van der Waals surface area (Å²) in [5.41, 5.74) is 3.56. The third-order valence-corrected chi connectivity index (χ3v) is 2.69. The average Bonchev–Trinajstić information content (AvgIpc) is 2.15. The fourth-order valence-electron chi connectivity index (χ4n) is 1.57. The molecule has 3 heteroatoms. The van der Waals surface area contributed by atoms with Crippen molar-refractivity contribution in [3.8, 4) is 0 Å². The van der Waals surface area contributed by atoms with E-state index < -0.39 is 0 Å². The van der Waals surface area contributed by atoms with Gasteiger partial charge in [0.1, 0.15) is 0 Å². The van der Waals surface area contributed by atoms with Crippen molar-refractivity contribution in [2.45, 2.75) is 20.3 Å². The van der Waals surface area contributed by atoms with Gasteiger partial charge in [0.15, 0.2) is 0 Å². The van der Waals surface area contributed by atoms with E-state index in [1.54, 1.807) is 6.92 Å². The van der Waals surface area contributed by atoms with Gasteiger partial charge >= 0.3 is 0 Å². The normalized spacial score (nSPS) is 10.2. The molecule has 0 aliphatic heterocycles. The molecule has 0 saturated heterocycles. The van der Waals surface area contributed by atoms with Crippen molar-refractivity contribution in [2.75, 3.05) is 19.0 Å². The van der Waals surface area contributed by atoms with Crippen molar-refractivity contribution in [1.82, 2.24) is 0 Å². The first-order valence-electron chi connectivity index (χ1n) is 5.02. The quantitative estimate of drug-likeness (QED) is 0.784. The number of aryl methyl sites for hydroxylation is 1. The lowest BCUT2D eigenvalue weighted by Crippen LogP contribution is -2.14. The summed E-state index contributed by atoms with van der Waals surface area (Å²) >= 11 is 6.18. The van der Waals surface area contributed by atoms with Crippen molar-refractivity contribution in [1.29, 1.82) is 5.41 Å². The van der Waals surface area contributed by atoms with Crippen molar-refractivity contribution in [3.63, 3.8) is 0 Å². The van der Waals surface area contributed by atoms with E-state index >= 15 is 0 Å². The lowest BCUT2D eigenvalue weighted by Gasteiger charge is -2.19. The van der Waals surface area contributed by atoms with Crippen LogP contribution in [-0.4, -0.2) is 19.8 Å². The van der Waals surface area contributed by atoms with E-state index in [-0.39, 0.29) is 0 Å². The molecule has 1 aromatic carbocycles. The molecule has 0 atom stereocenters. The van der Waals surface area contributed by atoms with Crippen LogP contribution in [0.5, 0.6) is 0 Å². The third kappa shape index (κ3) is 2.51. The van der Waals surface area contributed by atoms with E-state index in [9.17, 15) is 0 Å². The summed E-state index contributed by atoms with van der Waals surface area (Å²) in [5.74, 6) is 0. The standard InChI is InChI=1S/C12H17ClN2/c1-5-9-6-10(13)12(8(2)14)11(7-9)15(3)4/h6-7,14H,5H2,1-4H3. The molecule has 0 saturated carbocycles. The van der Waals surface area contributed by atoms with Crippen LogP contribution >= 0.6 is 11.6 Å². The molecule has 82 valence electrons. The first-order chi connectivity index (χ1) is 6.97. The van der Waals surface area contributed by atoms with Crippen molar-refractivity contribution in [2.24, 2.45) is 0 Å². The number of hydrogen-bond acceptors (Lipinski definition) is 2. The zero-order valence-corrected chi connectivity index (χ0v) is 10.4. The van der Waals surface area contributed by atoms with E-state index in [1.807, 2.05) is 25.1 Å². The van der Waals surface area contributed by atoms with E-state index in [0.29, 0.717) is 10.7 Å². The van der Waals surface area contributed by atoms with Gasteiger partial charge in [0.2, 0.25) is 0 Å². The first kappa shape index (κ1) is 12.1. The predicted molar refractivity (Wildman–Crippen MR) is 67.7 cm³/mol. The van der Waals surface area contributed by atoms with Crippen LogP contribution in [0.2, 0.25) is 5.02 Å². The number of nitrogens with one attached hydrogen (secondary N) is 1. The Kier molecular flexibility index (Phi) is 3.75. The van der Waals surface area contributed by atoms with Gasteiger partial charge in [-0.15, -0.1) is 0 Å². The maximum atomic E-state index is 7.73. The molecule has 1 aromatic rings. The predicted octanol–water partition coefficient (Wildman–Crippen LogP) is 3.36. The van der Waals surface area contributed by atoms with Crippen molar-refractivity contribution < 1.29 is 0 Å². The fraction of sp³-hybridized carbons (Fsp3) is 0.417. The molecule has 0 heterocycles. The molecule has 0 spiro atoms. The van der Waals surface area contributed by atoms with Crippen LogP contribution in [0.25, 0.3) is 0 Å². The van der Waals surface area contributed by atoms with Gasteiger partial charge in [0.05, 0.1) is 5.02 Å². The summed E-state index contributed by atoms with van der Waals surface area (Å²) in [6.07, 6.45) is 0.956. The molecule has 0 unspecified atom stereocenters.